The van der Waals surface area contributed by atoms with Crippen molar-refractivity contribution in [3.8, 4) is 0 Å². The minimum Gasteiger partial charge on any atom is -0.445 e. The highest BCUT2D eigenvalue weighted by Gasteiger charge is 2.41. The van der Waals surface area contributed by atoms with Crippen LogP contribution in [-0.4, -0.2) is 49.2 Å². The van der Waals surface area contributed by atoms with Crippen molar-refractivity contribution in [3.05, 3.63) is 35.9 Å². The maximum absolute atomic E-state index is 12.4. The lowest BCUT2D eigenvalue weighted by molar-refractivity contribution is -0.182. The second kappa shape index (κ2) is 7.46. The number of amides is 2. The van der Waals surface area contributed by atoms with Crippen LogP contribution in [0.3, 0.4) is 0 Å². The van der Waals surface area contributed by atoms with E-state index in [0.717, 1.165) is 18.4 Å². The summed E-state index contributed by atoms with van der Waals surface area (Å²) in [7, 11) is 3.04. The Balaban J connectivity index is 1.94. The van der Waals surface area contributed by atoms with Gasteiger partial charge in [0.1, 0.15) is 6.61 Å². The van der Waals surface area contributed by atoms with Crippen LogP contribution in [0, 0.1) is 5.41 Å². The predicted molar refractivity (Wildman–Crippen MR) is 85.3 cm³/mol. The van der Waals surface area contributed by atoms with Gasteiger partial charge < -0.3 is 9.64 Å². The van der Waals surface area contributed by atoms with Gasteiger partial charge in [-0.15, -0.1) is 0 Å². The van der Waals surface area contributed by atoms with Crippen LogP contribution in [0.15, 0.2) is 30.3 Å². The van der Waals surface area contributed by atoms with Crippen LogP contribution in [0.4, 0.5) is 4.79 Å². The number of carbonyl (C=O) groups excluding carboxylic acids is 2. The maximum atomic E-state index is 12.4. The predicted octanol–water partition coefficient (Wildman–Crippen LogP) is 2.45. The first-order chi connectivity index (χ1) is 11.0. The number of nitrogens with zero attached hydrogens (tertiary/aromatic N) is 2. The number of hydroxylamine groups is 2. The molecule has 1 aromatic rings. The number of hydrogen-bond acceptors (Lipinski definition) is 4. The Kier molecular flexibility index (Phi) is 5.60. The fourth-order valence-corrected chi connectivity index (χ4v) is 2.84. The highest BCUT2D eigenvalue weighted by molar-refractivity contribution is 5.82. The fourth-order valence-electron chi connectivity index (χ4n) is 2.84. The molecule has 1 saturated heterocycles. The molecule has 126 valence electrons. The lowest BCUT2D eigenvalue weighted by Crippen LogP contribution is -2.52. The molecule has 1 unspecified atom stereocenters. The van der Waals surface area contributed by atoms with Gasteiger partial charge in [0, 0.05) is 20.1 Å². The van der Waals surface area contributed by atoms with Crippen molar-refractivity contribution in [1.82, 2.24) is 9.96 Å². The number of carbonyl (C=O) groups is 2. The molecule has 0 spiro atoms. The SMILES string of the molecule is CON(C)C(=O)C1(C)CCCN(C(=O)OCc2ccccc2)C1. The standard InChI is InChI=1S/C17H24N2O4/c1-17(15(20)18(2)22-3)10-7-11-19(13-17)16(21)23-12-14-8-5-4-6-9-14/h4-6,8-9H,7,10-13H2,1-3H3. The molecular formula is C17H24N2O4. The summed E-state index contributed by atoms with van der Waals surface area (Å²) in [4.78, 5) is 31.3. The molecule has 0 aliphatic carbocycles. The first-order valence-electron chi connectivity index (χ1n) is 7.74. The number of hydrogen-bond donors (Lipinski definition) is 0. The molecule has 0 aromatic heterocycles. The van der Waals surface area contributed by atoms with E-state index in [1.54, 1.807) is 11.9 Å². The molecule has 1 fully saturated rings. The Morgan fingerprint density at radius 3 is 2.65 bits per heavy atom. The van der Waals surface area contributed by atoms with Gasteiger partial charge in [-0.2, -0.15) is 0 Å². The zero-order chi connectivity index (χ0) is 16.9. The number of piperidine rings is 1. The summed E-state index contributed by atoms with van der Waals surface area (Å²) < 4.78 is 5.36. The highest BCUT2D eigenvalue weighted by atomic mass is 16.7. The Labute approximate surface area is 136 Å². The molecule has 6 nitrogen and oxygen atoms in total. The zero-order valence-electron chi connectivity index (χ0n) is 13.9. The van der Waals surface area contributed by atoms with E-state index < -0.39 is 5.41 Å². The number of benzene rings is 1. The molecule has 1 aliphatic rings. The van der Waals surface area contributed by atoms with Gasteiger partial charge in [0.25, 0.3) is 5.91 Å². The van der Waals surface area contributed by atoms with E-state index in [9.17, 15) is 9.59 Å². The van der Waals surface area contributed by atoms with Crippen molar-refractivity contribution in [2.75, 3.05) is 27.2 Å². The van der Waals surface area contributed by atoms with Crippen molar-refractivity contribution in [1.29, 1.82) is 0 Å². The minimum absolute atomic E-state index is 0.124. The Morgan fingerprint density at radius 1 is 1.30 bits per heavy atom. The van der Waals surface area contributed by atoms with Gasteiger partial charge in [-0.05, 0) is 25.3 Å². The van der Waals surface area contributed by atoms with E-state index in [-0.39, 0.29) is 18.6 Å². The normalized spacial score (nSPS) is 20.9. The van der Waals surface area contributed by atoms with E-state index in [2.05, 4.69) is 0 Å². The van der Waals surface area contributed by atoms with Crippen molar-refractivity contribution in [2.45, 2.75) is 26.4 Å². The van der Waals surface area contributed by atoms with E-state index in [1.165, 1.54) is 12.2 Å². The number of ether oxygens (including phenoxy) is 1. The van der Waals surface area contributed by atoms with Gasteiger partial charge in [-0.1, -0.05) is 30.3 Å². The van der Waals surface area contributed by atoms with E-state index in [0.29, 0.717) is 13.1 Å². The van der Waals surface area contributed by atoms with Crippen molar-refractivity contribution >= 4 is 12.0 Å². The fraction of sp³-hybridized carbons (Fsp3) is 0.529. The van der Waals surface area contributed by atoms with Crippen LogP contribution in [0.1, 0.15) is 25.3 Å². The topological polar surface area (TPSA) is 59.1 Å². The third kappa shape index (κ3) is 4.22. The molecule has 1 aliphatic heterocycles. The highest BCUT2D eigenvalue weighted by Crippen LogP contribution is 2.31. The van der Waals surface area contributed by atoms with E-state index >= 15 is 0 Å². The van der Waals surface area contributed by atoms with Crippen LogP contribution in [0.5, 0.6) is 0 Å². The molecule has 0 N–H and O–H groups in total. The van der Waals surface area contributed by atoms with Gasteiger partial charge in [-0.25, -0.2) is 9.86 Å². The van der Waals surface area contributed by atoms with Crippen molar-refractivity contribution < 1.29 is 19.2 Å². The molecule has 2 amide bonds. The summed E-state index contributed by atoms with van der Waals surface area (Å²) in [5.41, 5.74) is 0.296. The van der Waals surface area contributed by atoms with E-state index in [4.69, 9.17) is 9.57 Å². The first-order valence-corrected chi connectivity index (χ1v) is 7.74. The van der Waals surface area contributed by atoms with Crippen molar-refractivity contribution in [3.63, 3.8) is 0 Å². The maximum Gasteiger partial charge on any atom is 0.410 e. The third-order valence-corrected chi connectivity index (χ3v) is 4.24. The Morgan fingerprint density at radius 2 is 2.00 bits per heavy atom. The average molecular weight is 320 g/mol. The second-order valence-electron chi connectivity index (χ2n) is 6.11. The molecule has 0 bridgehead atoms. The summed E-state index contributed by atoms with van der Waals surface area (Å²) in [5, 5.41) is 1.22. The van der Waals surface area contributed by atoms with E-state index in [1.807, 2.05) is 37.3 Å². The molecule has 6 heteroatoms. The molecule has 23 heavy (non-hydrogen) atoms. The summed E-state index contributed by atoms with van der Waals surface area (Å²) in [6.45, 7) is 3.04. The Bertz CT molecular complexity index is 549. The lowest BCUT2D eigenvalue weighted by Gasteiger charge is -2.39. The molecule has 1 atom stereocenters. The van der Waals surface area contributed by atoms with Crippen LogP contribution in [-0.2, 0) is 21.0 Å². The van der Waals surface area contributed by atoms with Crippen LogP contribution in [0.2, 0.25) is 0 Å². The largest absolute Gasteiger partial charge is 0.445 e. The number of likely N-dealkylation sites (tertiary alicyclic amines) is 1. The van der Waals surface area contributed by atoms with Gasteiger partial charge in [-0.3, -0.25) is 9.63 Å². The molecule has 0 saturated carbocycles. The smallest absolute Gasteiger partial charge is 0.410 e. The van der Waals surface area contributed by atoms with Gasteiger partial charge in [0.15, 0.2) is 0 Å². The summed E-state index contributed by atoms with van der Waals surface area (Å²) in [6.07, 6.45) is 1.11. The zero-order valence-corrected chi connectivity index (χ0v) is 13.9. The van der Waals surface area contributed by atoms with Crippen LogP contribution in [0.25, 0.3) is 0 Å². The lowest BCUT2D eigenvalue weighted by atomic mass is 9.81. The molecular weight excluding hydrogens is 296 g/mol. The van der Waals surface area contributed by atoms with Gasteiger partial charge >= 0.3 is 6.09 Å². The summed E-state index contributed by atoms with van der Waals surface area (Å²) >= 11 is 0. The average Bonchev–Trinajstić information content (AvgIpc) is 2.59. The monoisotopic (exact) mass is 320 g/mol. The van der Waals surface area contributed by atoms with Crippen LogP contribution >= 0.6 is 0 Å². The molecule has 1 aromatic carbocycles. The minimum atomic E-state index is -0.644. The molecule has 1 heterocycles. The molecule has 2 rings (SSSR count). The molecule has 0 radical (unpaired) electrons. The quantitative estimate of drug-likeness (QED) is 0.800. The first kappa shape index (κ1) is 17.3. The Hall–Kier alpha value is -2.08. The summed E-state index contributed by atoms with van der Waals surface area (Å²) in [6, 6.07) is 9.54. The number of rotatable bonds is 4. The van der Waals surface area contributed by atoms with Gasteiger partial charge in [0.05, 0.1) is 12.5 Å². The second-order valence-corrected chi connectivity index (χ2v) is 6.11. The third-order valence-electron chi connectivity index (χ3n) is 4.24. The van der Waals surface area contributed by atoms with Crippen LogP contribution < -0.4 is 0 Å². The summed E-state index contributed by atoms with van der Waals surface area (Å²) in [5.74, 6) is -0.124. The van der Waals surface area contributed by atoms with Gasteiger partial charge in [0.2, 0.25) is 0 Å². The van der Waals surface area contributed by atoms with Crippen molar-refractivity contribution in [2.24, 2.45) is 5.41 Å².